The Bertz CT molecular complexity index is 929. The largest absolute Gasteiger partial charge is 0.465 e. The van der Waals surface area contributed by atoms with Crippen molar-refractivity contribution in [1.29, 1.82) is 5.26 Å². The van der Waals surface area contributed by atoms with Crippen LogP contribution in [-0.2, 0) is 4.74 Å². The lowest BCUT2D eigenvalue weighted by Gasteiger charge is -1.99. The van der Waals surface area contributed by atoms with Gasteiger partial charge in [-0.1, -0.05) is 30.3 Å². The second kappa shape index (κ2) is 6.99. The molecule has 0 aliphatic carbocycles. The molecule has 0 N–H and O–H groups in total. The topological polar surface area (TPSA) is 63.2 Å². The summed E-state index contributed by atoms with van der Waals surface area (Å²) in [6.45, 7) is 0. The van der Waals surface area contributed by atoms with Crippen molar-refractivity contribution in [3.63, 3.8) is 0 Å². The van der Waals surface area contributed by atoms with Crippen LogP contribution in [0.2, 0.25) is 0 Å². The number of furan rings is 1. The summed E-state index contributed by atoms with van der Waals surface area (Å²) in [6, 6.07) is 16.9. The van der Waals surface area contributed by atoms with E-state index < -0.39 is 5.97 Å². The van der Waals surface area contributed by atoms with Gasteiger partial charge in [-0.15, -0.1) is 11.3 Å². The van der Waals surface area contributed by atoms with E-state index >= 15 is 0 Å². The molecule has 0 atom stereocenters. The quantitative estimate of drug-likeness (QED) is 0.504. The van der Waals surface area contributed by atoms with Crippen LogP contribution in [0.4, 0.5) is 0 Å². The summed E-state index contributed by atoms with van der Waals surface area (Å²) >= 11 is 1.30. The number of rotatable bonds is 4. The van der Waals surface area contributed by atoms with Crippen molar-refractivity contribution in [2.24, 2.45) is 0 Å². The molecule has 0 amide bonds. The van der Waals surface area contributed by atoms with Crippen molar-refractivity contribution in [2.75, 3.05) is 7.11 Å². The van der Waals surface area contributed by atoms with E-state index in [0.717, 1.165) is 5.56 Å². The summed E-state index contributed by atoms with van der Waals surface area (Å²) in [4.78, 5) is 12.3. The van der Waals surface area contributed by atoms with E-state index in [1.807, 2.05) is 41.8 Å². The van der Waals surface area contributed by atoms with Crippen LogP contribution >= 0.6 is 11.3 Å². The second-order valence-electron chi connectivity index (χ2n) is 4.89. The highest BCUT2D eigenvalue weighted by molar-refractivity contribution is 7.12. The van der Waals surface area contributed by atoms with Gasteiger partial charge in [-0.3, -0.25) is 0 Å². The fourth-order valence-electron chi connectivity index (χ4n) is 2.27. The van der Waals surface area contributed by atoms with Gasteiger partial charge in [-0.2, -0.15) is 5.26 Å². The van der Waals surface area contributed by atoms with E-state index in [9.17, 15) is 10.1 Å². The Morgan fingerprint density at radius 1 is 1.21 bits per heavy atom. The first-order valence-corrected chi connectivity index (χ1v) is 8.04. The number of ether oxygens (including phenoxy) is 1. The van der Waals surface area contributed by atoms with Crippen molar-refractivity contribution >= 4 is 29.0 Å². The Kier molecular flexibility index (Phi) is 4.59. The van der Waals surface area contributed by atoms with Gasteiger partial charge in [0.1, 0.15) is 16.4 Å². The number of nitriles is 1. The summed E-state index contributed by atoms with van der Waals surface area (Å²) in [5.74, 6) is 0.719. The highest BCUT2D eigenvalue weighted by atomic mass is 32.1. The zero-order valence-corrected chi connectivity index (χ0v) is 13.7. The minimum atomic E-state index is -0.393. The zero-order valence-electron chi connectivity index (χ0n) is 12.9. The van der Waals surface area contributed by atoms with E-state index in [0.29, 0.717) is 27.5 Å². The monoisotopic (exact) mass is 335 g/mol. The Balaban J connectivity index is 1.94. The number of carbonyl (C=O) groups excluding carboxylic acids is 1. The van der Waals surface area contributed by atoms with Crippen molar-refractivity contribution in [3.05, 3.63) is 70.1 Å². The third-order valence-corrected chi connectivity index (χ3v) is 4.31. The lowest BCUT2D eigenvalue weighted by molar-refractivity contribution is 0.0607. The number of carbonyl (C=O) groups is 1. The van der Waals surface area contributed by atoms with Crippen LogP contribution in [0.15, 0.2) is 58.3 Å². The lowest BCUT2D eigenvalue weighted by atomic mass is 10.1. The van der Waals surface area contributed by atoms with Gasteiger partial charge in [-0.25, -0.2) is 4.79 Å². The highest BCUT2D eigenvalue weighted by Gasteiger charge is 2.17. The van der Waals surface area contributed by atoms with Crippen LogP contribution in [0, 0.1) is 11.3 Å². The molecule has 5 heteroatoms. The van der Waals surface area contributed by atoms with Crippen LogP contribution in [0.1, 0.15) is 21.0 Å². The number of thiophene rings is 1. The molecule has 0 fully saturated rings. The Hall–Kier alpha value is -3.10. The normalized spacial score (nSPS) is 11.1. The number of hydrogen-bond donors (Lipinski definition) is 0. The molecular formula is C19H13NO3S. The molecule has 3 rings (SSSR count). The van der Waals surface area contributed by atoms with Crippen LogP contribution in [0.5, 0.6) is 0 Å². The fraction of sp³-hybridized carbons (Fsp3) is 0.0526. The highest BCUT2D eigenvalue weighted by Crippen LogP contribution is 2.31. The molecule has 0 radical (unpaired) electrons. The summed E-state index contributed by atoms with van der Waals surface area (Å²) in [7, 11) is 1.35. The third-order valence-electron chi connectivity index (χ3n) is 3.42. The van der Waals surface area contributed by atoms with Gasteiger partial charge < -0.3 is 9.15 Å². The maximum Gasteiger partial charge on any atom is 0.348 e. The first kappa shape index (κ1) is 15.8. The van der Waals surface area contributed by atoms with E-state index in [4.69, 9.17) is 9.15 Å². The Morgan fingerprint density at radius 3 is 2.71 bits per heavy atom. The van der Waals surface area contributed by atoms with Crippen molar-refractivity contribution in [3.8, 4) is 17.4 Å². The smallest absolute Gasteiger partial charge is 0.348 e. The van der Waals surface area contributed by atoms with E-state index in [1.54, 1.807) is 18.2 Å². The van der Waals surface area contributed by atoms with E-state index in [1.165, 1.54) is 18.4 Å². The number of allylic oxidation sites excluding steroid dienone is 1. The molecule has 0 aliphatic rings. The fourth-order valence-corrected chi connectivity index (χ4v) is 3.08. The van der Waals surface area contributed by atoms with Crippen LogP contribution in [0.25, 0.3) is 23.0 Å². The molecule has 118 valence electrons. The average molecular weight is 335 g/mol. The SMILES string of the molecule is COC(=O)c1sccc1-c1ccc(/C=C(/C#N)c2ccccc2)o1. The van der Waals surface area contributed by atoms with Crippen molar-refractivity contribution in [1.82, 2.24) is 0 Å². The van der Waals surface area contributed by atoms with Gasteiger partial charge in [0, 0.05) is 5.56 Å². The van der Waals surface area contributed by atoms with Crippen LogP contribution < -0.4 is 0 Å². The molecule has 2 aromatic heterocycles. The molecule has 0 unspecified atom stereocenters. The third kappa shape index (κ3) is 3.14. The maximum atomic E-state index is 11.8. The Labute approximate surface area is 143 Å². The standard InChI is InChI=1S/C19H13NO3S/c1-22-19(21)18-16(9-10-24-18)17-8-7-15(23-17)11-14(12-20)13-5-3-2-4-6-13/h2-11H,1H3/b14-11-. The first-order chi connectivity index (χ1) is 11.7. The predicted octanol–water partition coefficient (Wildman–Crippen LogP) is 4.86. The number of nitrogens with zero attached hydrogens (tertiary/aromatic N) is 1. The predicted molar refractivity (Wildman–Crippen MR) is 93.3 cm³/mol. The van der Waals surface area contributed by atoms with Crippen molar-refractivity contribution < 1.29 is 13.9 Å². The molecular weight excluding hydrogens is 322 g/mol. The van der Waals surface area contributed by atoms with Gasteiger partial charge >= 0.3 is 5.97 Å². The molecule has 1 aromatic carbocycles. The molecule has 0 aliphatic heterocycles. The van der Waals surface area contributed by atoms with Gasteiger partial charge in [0.05, 0.1) is 18.8 Å². The van der Waals surface area contributed by atoms with Crippen LogP contribution in [-0.4, -0.2) is 13.1 Å². The summed E-state index contributed by atoms with van der Waals surface area (Å²) in [5, 5.41) is 11.2. The molecule has 0 saturated carbocycles. The Morgan fingerprint density at radius 2 is 2.00 bits per heavy atom. The van der Waals surface area contributed by atoms with E-state index in [-0.39, 0.29) is 0 Å². The molecule has 24 heavy (non-hydrogen) atoms. The van der Waals surface area contributed by atoms with Crippen LogP contribution in [0.3, 0.4) is 0 Å². The van der Waals surface area contributed by atoms with Gasteiger partial charge in [-0.05, 0) is 35.2 Å². The second-order valence-corrected chi connectivity index (χ2v) is 5.81. The van der Waals surface area contributed by atoms with Gasteiger partial charge in [0.25, 0.3) is 0 Å². The number of benzene rings is 1. The summed E-state index contributed by atoms with van der Waals surface area (Å²) in [5.41, 5.74) is 2.02. The first-order valence-electron chi connectivity index (χ1n) is 7.16. The van der Waals surface area contributed by atoms with E-state index in [2.05, 4.69) is 6.07 Å². The molecule has 2 heterocycles. The number of methoxy groups -OCH3 is 1. The van der Waals surface area contributed by atoms with Gasteiger partial charge in [0.15, 0.2) is 0 Å². The molecule has 3 aromatic rings. The minimum absolute atomic E-state index is 0.393. The zero-order chi connectivity index (χ0) is 16.9. The maximum absolute atomic E-state index is 11.8. The van der Waals surface area contributed by atoms with Crippen molar-refractivity contribution in [2.45, 2.75) is 0 Å². The number of hydrogen-bond acceptors (Lipinski definition) is 5. The molecule has 4 nitrogen and oxygen atoms in total. The van der Waals surface area contributed by atoms with Gasteiger partial charge in [0.2, 0.25) is 0 Å². The average Bonchev–Trinajstić information content (AvgIpc) is 3.28. The number of esters is 1. The summed E-state index contributed by atoms with van der Waals surface area (Å²) in [6.07, 6.45) is 1.68. The summed E-state index contributed by atoms with van der Waals surface area (Å²) < 4.78 is 10.6. The minimum Gasteiger partial charge on any atom is -0.465 e. The molecule has 0 bridgehead atoms. The molecule has 0 saturated heterocycles. The molecule has 0 spiro atoms. The lowest BCUT2D eigenvalue weighted by Crippen LogP contribution is -1.99.